The number of methoxy groups -OCH3 is 3. The number of hydrogen-bond donors (Lipinski definition) is 0. The minimum absolute atomic E-state index is 0.149. The van der Waals surface area contributed by atoms with Gasteiger partial charge >= 0.3 is 0 Å². The Kier molecular flexibility index (Phi) is 8.60. The van der Waals surface area contributed by atoms with Gasteiger partial charge in [0.1, 0.15) is 28.7 Å². The minimum Gasteiger partial charge on any atom is -0.497 e. The van der Waals surface area contributed by atoms with Crippen molar-refractivity contribution in [2.75, 3.05) is 21.3 Å². The minimum atomic E-state index is -3.89. The lowest BCUT2D eigenvalue weighted by atomic mass is 10.2. The van der Waals surface area contributed by atoms with Crippen LogP contribution >= 0.6 is 0 Å². The molecular formula is C25H29FN2O5S. The summed E-state index contributed by atoms with van der Waals surface area (Å²) in [5.41, 5.74) is 1.95. The summed E-state index contributed by atoms with van der Waals surface area (Å²) < 4.78 is 58.3. The molecule has 7 nitrogen and oxygen atoms in total. The SMILES string of the molecule is COc1ccc(CN(Cc2ccc(OC)cc2)S(=O)(=O)[C@@H](C)[C@@H](OC)c2ccc(F)cn2)cc1. The highest BCUT2D eigenvalue weighted by molar-refractivity contribution is 7.89. The predicted octanol–water partition coefficient (Wildman–Crippen LogP) is 4.35. The van der Waals surface area contributed by atoms with Crippen molar-refractivity contribution in [3.63, 3.8) is 0 Å². The van der Waals surface area contributed by atoms with Gasteiger partial charge in [0.2, 0.25) is 10.0 Å². The van der Waals surface area contributed by atoms with Crippen LogP contribution in [0.4, 0.5) is 4.39 Å². The molecule has 0 unspecified atom stereocenters. The van der Waals surface area contributed by atoms with E-state index in [2.05, 4.69) is 4.98 Å². The molecule has 0 N–H and O–H groups in total. The fourth-order valence-electron chi connectivity index (χ4n) is 3.60. The lowest BCUT2D eigenvalue weighted by molar-refractivity contribution is 0.0967. The topological polar surface area (TPSA) is 78.0 Å². The first kappa shape index (κ1) is 25.6. The van der Waals surface area contributed by atoms with Crippen molar-refractivity contribution in [3.8, 4) is 11.5 Å². The maximum Gasteiger partial charge on any atom is 0.220 e. The molecule has 3 rings (SSSR count). The van der Waals surface area contributed by atoms with Crippen molar-refractivity contribution in [1.82, 2.24) is 9.29 Å². The molecule has 0 aliphatic rings. The number of ether oxygens (including phenoxy) is 3. The lowest BCUT2D eigenvalue weighted by Crippen LogP contribution is -2.40. The van der Waals surface area contributed by atoms with E-state index in [0.29, 0.717) is 17.2 Å². The van der Waals surface area contributed by atoms with Gasteiger partial charge in [-0.15, -0.1) is 0 Å². The summed E-state index contributed by atoms with van der Waals surface area (Å²) in [6.07, 6.45) is 0.174. The molecule has 1 aromatic heterocycles. The average Bonchev–Trinajstić information content (AvgIpc) is 2.86. The van der Waals surface area contributed by atoms with Crippen molar-refractivity contribution in [3.05, 3.63) is 89.5 Å². The molecule has 0 fully saturated rings. The Balaban J connectivity index is 1.94. The molecule has 3 aromatic rings. The maximum absolute atomic E-state index is 13.8. The third-order valence-electron chi connectivity index (χ3n) is 5.59. The summed E-state index contributed by atoms with van der Waals surface area (Å²) >= 11 is 0. The molecule has 0 aliphatic carbocycles. The molecule has 9 heteroatoms. The zero-order valence-corrected chi connectivity index (χ0v) is 20.5. The van der Waals surface area contributed by atoms with Gasteiger partial charge in [-0.25, -0.2) is 12.8 Å². The monoisotopic (exact) mass is 488 g/mol. The van der Waals surface area contributed by atoms with E-state index in [0.717, 1.165) is 17.3 Å². The van der Waals surface area contributed by atoms with Gasteiger partial charge < -0.3 is 14.2 Å². The summed E-state index contributed by atoms with van der Waals surface area (Å²) in [5.74, 6) is 0.863. The normalized spacial score (nSPS) is 13.5. The molecule has 0 saturated heterocycles. The van der Waals surface area contributed by atoms with Gasteiger partial charge in [0.15, 0.2) is 0 Å². The van der Waals surface area contributed by atoms with Crippen LogP contribution in [0.25, 0.3) is 0 Å². The van der Waals surface area contributed by atoms with Crippen LogP contribution < -0.4 is 9.47 Å². The van der Waals surface area contributed by atoms with Gasteiger partial charge in [-0.2, -0.15) is 4.31 Å². The van der Waals surface area contributed by atoms with Crippen molar-refractivity contribution in [2.45, 2.75) is 31.4 Å². The first-order valence-corrected chi connectivity index (χ1v) is 12.2. The van der Waals surface area contributed by atoms with Gasteiger partial charge in [-0.05, 0) is 54.4 Å². The molecule has 0 bridgehead atoms. The van der Waals surface area contributed by atoms with E-state index in [9.17, 15) is 12.8 Å². The number of pyridine rings is 1. The van der Waals surface area contributed by atoms with Gasteiger partial charge in [-0.3, -0.25) is 4.98 Å². The number of rotatable bonds is 11. The molecule has 0 spiro atoms. The van der Waals surface area contributed by atoms with Crippen LogP contribution in [0, 0.1) is 5.82 Å². The second-order valence-corrected chi connectivity index (χ2v) is 10.1. The number of benzene rings is 2. The Morgan fingerprint density at radius 3 is 1.74 bits per heavy atom. The predicted molar refractivity (Wildman–Crippen MR) is 128 cm³/mol. The Hall–Kier alpha value is -3.01. The zero-order valence-electron chi connectivity index (χ0n) is 19.6. The highest BCUT2D eigenvalue weighted by atomic mass is 32.2. The molecule has 0 aliphatic heterocycles. The molecular weight excluding hydrogens is 459 g/mol. The Morgan fingerprint density at radius 2 is 1.35 bits per heavy atom. The van der Waals surface area contributed by atoms with Crippen molar-refractivity contribution < 1.29 is 27.0 Å². The van der Waals surface area contributed by atoms with Crippen LogP contribution in [0.2, 0.25) is 0 Å². The largest absolute Gasteiger partial charge is 0.497 e. The van der Waals surface area contributed by atoms with Crippen molar-refractivity contribution in [2.24, 2.45) is 0 Å². The van der Waals surface area contributed by atoms with Crippen molar-refractivity contribution >= 4 is 10.0 Å². The molecule has 182 valence electrons. The van der Waals surface area contributed by atoms with Crippen LogP contribution in [0.1, 0.15) is 29.8 Å². The molecule has 1 heterocycles. The molecule has 34 heavy (non-hydrogen) atoms. The molecule has 0 saturated carbocycles. The summed E-state index contributed by atoms with van der Waals surface area (Å²) in [4.78, 5) is 4.04. The molecule has 2 aromatic carbocycles. The Labute approximate surface area is 200 Å². The van der Waals surface area contributed by atoms with Gasteiger partial charge in [0.05, 0.1) is 26.1 Å². The van der Waals surface area contributed by atoms with Crippen LogP contribution in [-0.4, -0.2) is 44.3 Å². The summed E-state index contributed by atoms with van der Waals surface area (Å²) in [7, 11) is 0.679. The van der Waals surface area contributed by atoms with Gasteiger partial charge in [-0.1, -0.05) is 24.3 Å². The smallest absolute Gasteiger partial charge is 0.220 e. The van der Waals surface area contributed by atoms with E-state index in [1.807, 2.05) is 24.3 Å². The van der Waals surface area contributed by atoms with Crippen LogP contribution in [0.3, 0.4) is 0 Å². The van der Waals surface area contributed by atoms with Gasteiger partial charge in [0.25, 0.3) is 0 Å². The van der Waals surface area contributed by atoms with Gasteiger partial charge in [0, 0.05) is 20.2 Å². The van der Waals surface area contributed by atoms with Crippen molar-refractivity contribution in [1.29, 1.82) is 0 Å². The van der Waals surface area contributed by atoms with Crippen LogP contribution in [0.5, 0.6) is 11.5 Å². The number of nitrogens with zero attached hydrogens (tertiary/aromatic N) is 2. The van der Waals surface area contributed by atoms with E-state index < -0.39 is 27.2 Å². The highest BCUT2D eigenvalue weighted by Crippen LogP contribution is 2.29. The second-order valence-electron chi connectivity index (χ2n) is 7.77. The summed E-state index contributed by atoms with van der Waals surface area (Å²) in [5, 5.41) is -0.980. The van der Waals surface area contributed by atoms with E-state index >= 15 is 0 Å². The Morgan fingerprint density at radius 1 is 0.853 bits per heavy atom. The molecule has 0 amide bonds. The summed E-state index contributed by atoms with van der Waals surface area (Å²) in [6.45, 7) is 1.87. The average molecular weight is 489 g/mol. The first-order valence-electron chi connectivity index (χ1n) is 10.7. The first-order chi connectivity index (χ1) is 16.3. The zero-order chi connectivity index (χ0) is 24.7. The number of aromatic nitrogens is 1. The standard InChI is InChI=1S/C25H29FN2O5S/c1-18(25(33-4)24-14-9-21(26)15-27-24)34(29,30)28(16-19-5-10-22(31-2)11-6-19)17-20-7-12-23(32-3)13-8-20/h5-15,18,25H,16-17H2,1-4H3/t18-,25+/m0/s1. The summed E-state index contributed by atoms with van der Waals surface area (Å²) in [6, 6.07) is 17.1. The third-order valence-corrected chi connectivity index (χ3v) is 7.75. The highest BCUT2D eigenvalue weighted by Gasteiger charge is 2.36. The second kappa shape index (κ2) is 11.4. The van der Waals surface area contributed by atoms with E-state index in [1.165, 1.54) is 23.5 Å². The fourth-order valence-corrected chi connectivity index (χ4v) is 5.30. The van der Waals surface area contributed by atoms with Crippen LogP contribution in [-0.2, 0) is 27.8 Å². The molecule has 2 atom stereocenters. The fraction of sp³-hybridized carbons (Fsp3) is 0.320. The number of hydrogen-bond acceptors (Lipinski definition) is 6. The maximum atomic E-state index is 13.8. The quantitative estimate of drug-likeness (QED) is 0.399. The lowest BCUT2D eigenvalue weighted by Gasteiger charge is -2.30. The Bertz CT molecular complexity index is 1100. The number of halogens is 1. The van der Waals surface area contributed by atoms with Crippen LogP contribution in [0.15, 0.2) is 66.9 Å². The van der Waals surface area contributed by atoms with E-state index in [-0.39, 0.29) is 13.1 Å². The molecule has 0 radical (unpaired) electrons. The van der Waals surface area contributed by atoms with E-state index in [1.54, 1.807) is 45.4 Å². The number of sulfonamides is 1. The third kappa shape index (κ3) is 6.11. The van der Waals surface area contributed by atoms with E-state index in [4.69, 9.17) is 14.2 Å².